The van der Waals surface area contributed by atoms with Crippen LogP contribution in [0.4, 0.5) is 0 Å². The molecule has 1 atom stereocenters. The van der Waals surface area contributed by atoms with E-state index >= 15 is 0 Å². The Hall–Kier alpha value is -2.32. The Labute approximate surface area is 106 Å². The number of nitrogens with one attached hydrogen (secondary N) is 1. The van der Waals surface area contributed by atoms with Gasteiger partial charge in [0, 0.05) is 25.1 Å². The lowest BCUT2D eigenvalue weighted by Crippen LogP contribution is -2.20. The predicted octanol–water partition coefficient (Wildman–Crippen LogP) is 1.59. The molecule has 0 bridgehead atoms. The van der Waals surface area contributed by atoms with Crippen LogP contribution >= 0.6 is 0 Å². The second-order valence-electron chi connectivity index (χ2n) is 3.86. The van der Waals surface area contributed by atoms with E-state index in [0.29, 0.717) is 12.1 Å². The lowest BCUT2D eigenvalue weighted by Gasteiger charge is -2.11. The average Bonchev–Trinajstić information content (AvgIpc) is 2.46. The second-order valence-corrected chi connectivity index (χ2v) is 3.86. The van der Waals surface area contributed by atoms with Gasteiger partial charge in [-0.3, -0.25) is 4.98 Å². The Morgan fingerprint density at radius 2 is 2.06 bits per heavy atom. The second kappa shape index (κ2) is 5.84. The van der Waals surface area contributed by atoms with Crippen molar-refractivity contribution in [3.63, 3.8) is 0 Å². The molecule has 0 saturated heterocycles. The molecule has 2 aromatic heterocycles. The standard InChI is InChI=1S/C13H13N5/c1-10(13-15-5-2-6-16-13)17-9-12-4-3-11(7-14)8-18-12/h2-6,8,10,17H,9H2,1H3/t10-/m1/s1. The zero-order valence-corrected chi connectivity index (χ0v) is 10.0. The zero-order valence-electron chi connectivity index (χ0n) is 10.0. The van der Waals surface area contributed by atoms with Gasteiger partial charge in [0.05, 0.1) is 17.3 Å². The summed E-state index contributed by atoms with van der Waals surface area (Å²) < 4.78 is 0. The van der Waals surface area contributed by atoms with E-state index in [4.69, 9.17) is 5.26 Å². The molecule has 0 radical (unpaired) electrons. The Kier molecular flexibility index (Phi) is 3.94. The summed E-state index contributed by atoms with van der Waals surface area (Å²) in [4.78, 5) is 12.6. The highest BCUT2D eigenvalue weighted by Crippen LogP contribution is 2.06. The molecule has 0 aliphatic carbocycles. The summed E-state index contributed by atoms with van der Waals surface area (Å²) in [6, 6.07) is 7.49. The zero-order chi connectivity index (χ0) is 12.8. The van der Waals surface area contributed by atoms with Crippen LogP contribution in [0.3, 0.4) is 0 Å². The molecule has 0 aliphatic heterocycles. The summed E-state index contributed by atoms with van der Waals surface area (Å²) in [5, 5.41) is 12.0. The molecule has 2 aromatic rings. The summed E-state index contributed by atoms with van der Waals surface area (Å²) in [6.07, 6.45) is 5.02. The van der Waals surface area contributed by atoms with Crippen molar-refractivity contribution in [2.45, 2.75) is 19.5 Å². The molecule has 0 saturated carbocycles. The van der Waals surface area contributed by atoms with E-state index in [9.17, 15) is 0 Å². The monoisotopic (exact) mass is 239 g/mol. The molecule has 0 spiro atoms. The van der Waals surface area contributed by atoms with Gasteiger partial charge in [-0.1, -0.05) is 0 Å². The largest absolute Gasteiger partial charge is 0.302 e. The van der Waals surface area contributed by atoms with Gasteiger partial charge in [-0.25, -0.2) is 9.97 Å². The van der Waals surface area contributed by atoms with Gasteiger partial charge >= 0.3 is 0 Å². The first kappa shape index (κ1) is 12.1. The minimum absolute atomic E-state index is 0.0589. The van der Waals surface area contributed by atoms with Crippen LogP contribution in [0, 0.1) is 11.3 Å². The average molecular weight is 239 g/mol. The molecule has 18 heavy (non-hydrogen) atoms. The highest BCUT2D eigenvalue weighted by Gasteiger charge is 2.07. The van der Waals surface area contributed by atoms with Crippen molar-refractivity contribution in [1.29, 1.82) is 5.26 Å². The Morgan fingerprint density at radius 1 is 1.28 bits per heavy atom. The van der Waals surface area contributed by atoms with Crippen LogP contribution < -0.4 is 5.32 Å². The van der Waals surface area contributed by atoms with E-state index in [1.807, 2.05) is 19.1 Å². The predicted molar refractivity (Wildman–Crippen MR) is 66.2 cm³/mol. The van der Waals surface area contributed by atoms with Gasteiger partial charge < -0.3 is 5.32 Å². The van der Waals surface area contributed by atoms with Gasteiger partial charge in [0.2, 0.25) is 0 Å². The number of rotatable bonds is 4. The van der Waals surface area contributed by atoms with E-state index in [2.05, 4.69) is 20.3 Å². The SMILES string of the molecule is C[C@@H](NCc1ccc(C#N)cn1)c1ncccn1. The highest BCUT2D eigenvalue weighted by molar-refractivity contribution is 5.26. The highest BCUT2D eigenvalue weighted by atomic mass is 15.0. The quantitative estimate of drug-likeness (QED) is 0.877. The van der Waals surface area contributed by atoms with E-state index in [1.54, 1.807) is 30.7 Å². The molecule has 0 amide bonds. The van der Waals surface area contributed by atoms with E-state index in [0.717, 1.165) is 11.5 Å². The first-order valence-corrected chi connectivity index (χ1v) is 5.65. The van der Waals surface area contributed by atoms with Gasteiger partial charge in [0.15, 0.2) is 0 Å². The number of pyridine rings is 1. The van der Waals surface area contributed by atoms with Crippen molar-refractivity contribution in [2.24, 2.45) is 0 Å². The minimum atomic E-state index is 0.0589. The molecule has 90 valence electrons. The maximum atomic E-state index is 8.67. The maximum Gasteiger partial charge on any atom is 0.144 e. The lowest BCUT2D eigenvalue weighted by atomic mass is 10.2. The molecule has 0 unspecified atom stereocenters. The van der Waals surface area contributed by atoms with Crippen LogP contribution in [0.5, 0.6) is 0 Å². The molecular formula is C13H13N5. The van der Waals surface area contributed by atoms with Crippen LogP contribution in [-0.2, 0) is 6.54 Å². The summed E-state index contributed by atoms with van der Waals surface area (Å²) in [6.45, 7) is 2.62. The smallest absolute Gasteiger partial charge is 0.144 e. The van der Waals surface area contributed by atoms with E-state index < -0.39 is 0 Å². The summed E-state index contributed by atoms with van der Waals surface area (Å²) in [5.74, 6) is 0.756. The summed E-state index contributed by atoms with van der Waals surface area (Å²) in [5.41, 5.74) is 1.45. The Balaban J connectivity index is 1.93. The van der Waals surface area contributed by atoms with Crippen LogP contribution in [0.2, 0.25) is 0 Å². The van der Waals surface area contributed by atoms with Gasteiger partial charge in [-0.15, -0.1) is 0 Å². The van der Waals surface area contributed by atoms with Crippen molar-refractivity contribution >= 4 is 0 Å². The van der Waals surface area contributed by atoms with Crippen LogP contribution in [-0.4, -0.2) is 15.0 Å². The summed E-state index contributed by atoms with van der Waals surface area (Å²) in [7, 11) is 0. The number of hydrogen-bond donors (Lipinski definition) is 1. The third-order valence-electron chi connectivity index (χ3n) is 2.52. The van der Waals surface area contributed by atoms with Crippen molar-refractivity contribution < 1.29 is 0 Å². The van der Waals surface area contributed by atoms with E-state index in [1.165, 1.54) is 0 Å². The fraction of sp³-hybridized carbons (Fsp3) is 0.231. The molecule has 0 aliphatic rings. The molecule has 2 heterocycles. The Morgan fingerprint density at radius 3 is 2.67 bits per heavy atom. The molecule has 5 nitrogen and oxygen atoms in total. The van der Waals surface area contributed by atoms with Crippen molar-refractivity contribution in [1.82, 2.24) is 20.3 Å². The lowest BCUT2D eigenvalue weighted by molar-refractivity contribution is 0.540. The number of hydrogen-bond acceptors (Lipinski definition) is 5. The minimum Gasteiger partial charge on any atom is -0.302 e. The first-order chi connectivity index (χ1) is 8.79. The van der Waals surface area contributed by atoms with Gasteiger partial charge in [0.1, 0.15) is 11.9 Å². The number of nitrogens with zero attached hydrogens (tertiary/aromatic N) is 4. The number of nitriles is 1. The molecule has 0 aromatic carbocycles. The molecular weight excluding hydrogens is 226 g/mol. The number of aromatic nitrogens is 3. The molecule has 5 heteroatoms. The van der Waals surface area contributed by atoms with Gasteiger partial charge in [-0.05, 0) is 25.1 Å². The third kappa shape index (κ3) is 3.09. The topological polar surface area (TPSA) is 74.5 Å². The van der Waals surface area contributed by atoms with Crippen LogP contribution in [0.1, 0.15) is 30.0 Å². The van der Waals surface area contributed by atoms with Crippen molar-refractivity contribution in [3.8, 4) is 6.07 Å². The fourth-order valence-corrected chi connectivity index (χ4v) is 1.48. The molecule has 0 fully saturated rings. The molecule has 1 N–H and O–H groups in total. The van der Waals surface area contributed by atoms with E-state index in [-0.39, 0.29) is 6.04 Å². The summed E-state index contributed by atoms with van der Waals surface area (Å²) >= 11 is 0. The van der Waals surface area contributed by atoms with Crippen LogP contribution in [0.25, 0.3) is 0 Å². The molecule has 2 rings (SSSR count). The normalized spacial score (nSPS) is 11.8. The fourth-order valence-electron chi connectivity index (χ4n) is 1.48. The first-order valence-electron chi connectivity index (χ1n) is 5.65. The Bertz CT molecular complexity index is 530. The van der Waals surface area contributed by atoms with Crippen molar-refractivity contribution in [3.05, 3.63) is 53.9 Å². The maximum absolute atomic E-state index is 8.67. The van der Waals surface area contributed by atoms with Crippen molar-refractivity contribution in [2.75, 3.05) is 0 Å². The third-order valence-corrected chi connectivity index (χ3v) is 2.52. The van der Waals surface area contributed by atoms with Crippen LogP contribution in [0.15, 0.2) is 36.8 Å². The van der Waals surface area contributed by atoms with Gasteiger partial charge in [-0.2, -0.15) is 5.26 Å². The van der Waals surface area contributed by atoms with Gasteiger partial charge in [0.25, 0.3) is 0 Å².